The molecule has 12 nitrogen and oxygen atoms in total. The number of aromatic nitrogens is 6. The van der Waals surface area contributed by atoms with Gasteiger partial charge in [-0.25, -0.2) is 15.0 Å². The number of fused-ring (bicyclic) bond motifs is 1. The predicted molar refractivity (Wildman–Crippen MR) is 127 cm³/mol. The van der Waals surface area contributed by atoms with Gasteiger partial charge >= 0.3 is 0 Å². The number of nitrogens with zero attached hydrogens (tertiary/aromatic N) is 7. The number of pyridine rings is 2. The van der Waals surface area contributed by atoms with Crippen molar-refractivity contribution in [3.05, 3.63) is 60.4 Å². The molecule has 0 aromatic carbocycles. The number of carbonyl (C=O) groups is 1. The van der Waals surface area contributed by atoms with Crippen molar-refractivity contribution in [1.82, 2.24) is 39.7 Å². The Bertz CT molecular complexity index is 1350. The van der Waals surface area contributed by atoms with E-state index in [0.717, 1.165) is 11.3 Å². The van der Waals surface area contributed by atoms with Crippen LogP contribution in [0.5, 0.6) is 0 Å². The lowest BCUT2D eigenvalue weighted by atomic mass is 10.2. The van der Waals surface area contributed by atoms with E-state index < -0.39 is 24.5 Å². The summed E-state index contributed by atoms with van der Waals surface area (Å²) in [6.07, 6.45) is 3.24. The molecule has 4 atom stereocenters. The van der Waals surface area contributed by atoms with Crippen molar-refractivity contribution in [2.24, 2.45) is 0 Å². The highest BCUT2D eigenvalue weighted by Crippen LogP contribution is 2.34. The molecule has 4 aromatic rings. The quantitative estimate of drug-likeness (QED) is 0.277. The van der Waals surface area contributed by atoms with Crippen LogP contribution in [0.15, 0.2) is 49.2 Å². The molecule has 0 aliphatic carbocycles. The number of hydrogen-bond donors (Lipinski definition) is 4. The zero-order valence-electron chi connectivity index (χ0n) is 19.1. The monoisotopic (exact) mass is 475 g/mol. The summed E-state index contributed by atoms with van der Waals surface area (Å²) in [5.41, 5.74) is 3.59. The molecule has 1 aliphatic heterocycles. The molecule has 0 saturated carbocycles. The van der Waals surface area contributed by atoms with Gasteiger partial charge in [0, 0.05) is 24.2 Å². The number of amides is 1. The molecule has 4 N–H and O–H groups in total. The third-order valence-electron chi connectivity index (χ3n) is 6.11. The minimum atomic E-state index is -1.20. The average molecular weight is 476 g/mol. The van der Waals surface area contributed by atoms with Gasteiger partial charge in [-0.15, -0.1) is 0 Å². The van der Waals surface area contributed by atoms with Gasteiger partial charge < -0.3 is 20.8 Å². The molecule has 5 heterocycles. The number of aliphatic hydroxyl groups is 2. The Kier molecular flexibility index (Phi) is 6.07. The van der Waals surface area contributed by atoms with E-state index in [4.69, 9.17) is 9.97 Å². The molecule has 1 aliphatic rings. The van der Waals surface area contributed by atoms with Crippen LogP contribution >= 0.6 is 0 Å². The summed E-state index contributed by atoms with van der Waals surface area (Å²) in [6.45, 7) is 2.42. The molecule has 180 valence electrons. The van der Waals surface area contributed by atoms with Crippen molar-refractivity contribution in [1.29, 1.82) is 0 Å². The SMILES string of the molecule is Cc1ccnc(CNc2nc(-c3cccnc3)nc3c2ncn3[C@H]2[C@H](O)[C@H](O)[C@@H](NC=O)N2C)c1. The van der Waals surface area contributed by atoms with E-state index in [1.54, 1.807) is 47.5 Å². The summed E-state index contributed by atoms with van der Waals surface area (Å²) in [7, 11) is 1.70. The number of hydrogen-bond acceptors (Lipinski definition) is 10. The van der Waals surface area contributed by atoms with E-state index in [2.05, 4.69) is 25.6 Å². The maximum Gasteiger partial charge on any atom is 0.208 e. The van der Waals surface area contributed by atoms with Crippen molar-refractivity contribution in [2.75, 3.05) is 12.4 Å². The van der Waals surface area contributed by atoms with Gasteiger partial charge in [0.25, 0.3) is 0 Å². The van der Waals surface area contributed by atoms with Gasteiger partial charge in [0.2, 0.25) is 6.41 Å². The summed E-state index contributed by atoms with van der Waals surface area (Å²) in [5.74, 6) is 0.916. The highest BCUT2D eigenvalue weighted by molar-refractivity contribution is 5.85. The smallest absolute Gasteiger partial charge is 0.208 e. The fraction of sp³-hybridized carbons (Fsp3) is 0.304. The van der Waals surface area contributed by atoms with Crippen molar-refractivity contribution >= 4 is 23.4 Å². The fourth-order valence-electron chi connectivity index (χ4n) is 4.38. The van der Waals surface area contributed by atoms with Crippen LogP contribution < -0.4 is 10.6 Å². The van der Waals surface area contributed by atoms with Crippen LogP contribution in [0, 0.1) is 6.92 Å². The zero-order chi connectivity index (χ0) is 24.5. The standard InChI is InChI=1S/C23H25N9O3/c1-13-5-7-25-15(8-13)10-26-20-16-21(30-19(29-20)14-4-3-6-24-9-14)32(11-27-16)23-18(35)17(34)22(28-12-33)31(23)2/h3-9,11-12,17-18,22-23,34-35H,10H2,1-2H3,(H,28,33)(H,26,29,30)/t17-,18+,22-,23-/m0/s1. The largest absolute Gasteiger partial charge is 0.387 e. The van der Waals surface area contributed by atoms with Crippen LogP contribution in [0.2, 0.25) is 0 Å². The third kappa shape index (κ3) is 4.18. The lowest BCUT2D eigenvalue weighted by Crippen LogP contribution is -2.45. The first-order chi connectivity index (χ1) is 17.0. The lowest BCUT2D eigenvalue weighted by molar-refractivity contribution is -0.112. The molecule has 4 aromatic heterocycles. The summed E-state index contributed by atoms with van der Waals surface area (Å²) in [6, 6.07) is 7.56. The van der Waals surface area contributed by atoms with Crippen LogP contribution in [0.3, 0.4) is 0 Å². The highest BCUT2D eigenvalue weighted by atomic mass is 16.3. The van der Waals surface area contributed by atoms with E-state index in [1.165, 1.54) is 0 Å². The summed E-state index contributed by atoms with van der Waals surface area (Å²) >= 11 is 0. The molecule has 5 rings (SSSR count). The zero-order valence-corrected chi connectivity index (χ0v) is 19.1. The number of nitrogens with one attached hydrogen (secondary N) is 2. The lowest BCUT2D eigenvalue weighted by Gasteiger charge is -2.26. The Labute approximate surface area is 200 Å². The molecule has 0 unspecified atom stereocenters. The molecule has 1 amide bonds. The summed E-state index contributed by atoms with van der Waals surface area (Å²) in [4.78, 5) is 35.2. The van der Waals surface area contributed by atoms with Gasteiger partial charge in [-0.2, -0.15) is 0 Å². The Morgan fingerprint density at radius 2 is 2.00 bits per heavy atom. The topological polar surface area (TPSA) is 154 Å². The second-order valence-corrected chi connectivity index (χ2v) is 8.43. The summed E-state index contributed by atoms with van der Waals surface area (Å²) in [5, 5.41) is 27.2. The molecular formula is C23H25N9O3. The second-order valence-electron chi connectivity index (χ2n) is 8.43. The van der Waals surface area contributed by atoms with Crippen LogP contribution in [-0.2, 0) is 11.3 Å². The van der Waals surface area contributed by atoms with Gasteiger partial charge in [0.15, 0.2) is 22.8 Å². The molecule has 35 heavy (non-hydrogen) atoms. The number of aliphatic hydroxyl groups excluding tert-OH is 2. The Morgan fingerprint density at radius 3 is 2.74 bits per heavy atom. The minimum Gasteiger partial charge on any atom is -0.387 e. The molecule has 1 saturated heterocycles. The molecule has 0 spiro atoms. The average Bonchev–Trinajstić information content (AvgIpc) is 3.37. The van der Waals surface area contributed by atoms with Gasteiger partial charge in [-0.1, -0.05) is 0 Å². The Morgan fingerprint density at radius 1 is 1.14 bits per heavy atom. The molecule has 1 fully saturated rings. The summed E-state index contributed by atoms with van der Waals surface area (Å²) < 4.78 is 1.67. The van der Waals surface area contributed by atoms with Crippen LogP contribution in [-0.4, -0.2) is 76.4 Å². The van der Waals surface area contributed by atoms with Crippen molar-refractivity contribution in [2.45, 2.75) is 38.0 Å². The maximum atomic E-state index is 11.0. The molecule has 12 heteroatoms. The predicted octanol–water partition coefficient (Wildman–Crippen LogP) is 0.442. The Balaban J connectivity index is 1.59. The third-order valence-corrected chi connectivity index (χ3v) is 6.11. The number of likely N-dealkylation sites (N-methyl/N-ethyl adjacent to an activating group) is 1. The van der Waals surface area contributed by atoms with Crippen LogP contribution in [0.25, 0.3) is 22.6 Å². The second kappa shape index (κ2) is 9.33. The normalized spacial score (nSPS) is 22.4. The molecular weight excluding hydrogens is 450 g/mol. The van der Waals surface area contributed by atoms with Gasteiger partial charge in [0.1, 0.15) is 24.5 Å². The number of aryl methyl sites for hydroxylation is 1. The van der Waals surface area contributed by atoms with Crippen LogP contribution in [0.1, 0.15) is 17.4 Å². The highest BCUT2D eigenvalue weighted by Gasteiger charge is 2.47. The van der Waals surface area contributed by atoms with E-state index in [9.17, 15) is 15.0 Å². The van der Waals surface area contributed by atoms with Crippen molar-refractivity contribution in [3.8, 4) is 11.4 Å². The van der Waals surface area contributed by atoms with E-state index in [1.807, 2.05) is 25.1 Å². The number of rotatable bonds is 7. The Hall–Kier alpha value is -4.00. The van der Waals surface area contributed by atoms with E-state index in [-0.39, 0.29) is 0 Å². The first-order valence-corrected chi connectivity index (χ1v) is 11.1. The van der Waals surface area contributed by atoms with Crippen molar-refractivity contribution in [3.63, 3.8) is 0 Å². The van der Waals surface area contributed by atoms with Crippen LogP contribution in [0.4, 0.5) is 5.82 Å². The first kappa shape index (κ1) is 22.8. The first-order valence-electron chi connectivity index (χ1n) is 11.1. The minimum absolute atomic E-state index is 0.420. The van der Waals surface area contributed by atoms with E-state index >= 15 is 0 Å². The van der Waals surface area contributed by atoms with Crippen molar-refractivity contribution < 1.29 is 15.0 Å². The number of carbonyl (C=O) groups excluding carboxylic acids is 1. The molecule has 0 radical (unpaired) electrons. The number of imidazole rings is 1. The van der Waals surface area contributed by atoms with Gasteiger partial charge in [-0.3, -0.25) is 24.2 Å². The maximum absolute atomic E-state index is 11.0. The fourth-order valence-corrected chi connectivity index (χ4v) is 4.38. The number of anilines is 1. The van der Waals surface area contributed by atoms with Gasteiger partial charge in [0.05, 0.1) is 18.6 Å². The van der Waals surface area contributed by atoms with Gasteiger partial charge in [-0.05, 0) is 43.8 Å². The number of likely N-dealkylation sites (tertiary alicyclic amines) is 1. The molecule has 0 bridgehead atoms. The van der Waals surface area contributed by atoms with E-state index in [0.29, 0.717) is 41.3 Å².